The SMILES string of the molecule is COCCCCCCC(C)O. The third kappa shape index (κ3) is 9.92. The Morgan fingerprint density at radius 2 is 1.82 bits per heavy atom. The van der Waals surface area contributed by atoms with E-state index in [2.05, 4.69) is 0 Å². The van der Waals surface area contributed by atoms with E-state index in [1.807, 2.05) is 6.92 Å². The van der Waals surface area contributed by atoms with Crippen LogP contribution in [0.1, 0.15) is 39.0 Å². The second-order valence-electron chi connectivity index (χ2n) is 3.04. The van der Waals surface area contributed by atoms with E-state index >= 15 is 0 Å². The molecule has 0 aromatic heterocycles. The Hall–Kier alpha value is -0.0800. The molecule has 0 aromatic carbocycles. The molecule has 0 spiro atoms. The Morgan fingerprint density at radius 3 is 2.36 bits per heavy atom. The van der Waals surface area contributed by atoms with Crippen LogP contribution in [-0.2, 0) is 4.74 Å². The largest absolute Gasteiger partial charge is 0.393 e. The highest BCUT2D eigenvalue weighted by molar-refractivity contribution is 4.48. The molecular formula is C9H20O2. The van der Waals surface area contributed by atoms with Crippen molar-refractivity contribution >= 4 is 0 Å². The van der Waals surface area contributed by atoms with Crippen molar-refractivity contribution < 1.29 is 9.84 Å². The molecule has 0 bridgehead atoms. The van der Waals surface area contributed by atoms with Crippen LogP contribution in [0, 0.1) is 0 Å². The maximum atomic E-state index is 8.93. The van der Waals surface area contributed by atoms with Gasteiger partial charge in [0.05, 0.1) is 6.10 Å². The summed E-state index contributed by atoms with van der Waals surface area (Å²) in [5.74, 6) is 0. The van der Waals surface area contributed by atoms with Gasteiger partial charge in [-0.2, -0.15) is 0 Å². The normalized spacial score (nSPS) is 13.4. The molecule has 11 heavy (non-hydrogen) atoms. The van der Waals surface area contributed by atoms with Gasteiger partial charge in [0.1, 0.15) is 0 Å². The van der Waals surface area contributed by atoms with Crippen molar-refractivity contribution in [2.75, 3.05) is 13.7 Å². The zero-order valence-corrected chi connectivity index (χ0v) is 7.68. The van der Waals surface area contributed by atoms with E-state index in [4.69, 9.17) is 9.84 Å². The topological polar surface area (TPSA) is 29.5 Å². The first-order valence-corrected chi connectivity index (χ1v) is 4.44. The van der Waals surface area contributed by atoms with Crippen LogP contribution in [0.15, 0.2) is 0 Å². The fraction of sp³-hybridized carbons (Fsp3) is 1.00. The Balaban J connectivity index is 2.80. The minimum Gasteiger partial charge on any atom is -0.393 e. The van der Waals surface area contributed by atoms with E-state index < -0.39 is 0 Å². The van der Waals surface area contributed by atoms with Crippen molar-refractivity contribution in [1.29, 1.82) is 0 Å². The maximum Gasteiger partial charge on any atom is 0.0512 e. The molecule has 0 fully saturated rings. The molecule has 1 N–H and O–H groups in total. The van der Waals surface area contributed by atoms with Crippen molar-refractivity contribution in [3.8, 4) is 0 Å². The van der Waals surface area contributed by atoms with Crippen LogP contribution in [0.25, 0.3) is 0 Å². The summed E-state index contributed by atoms with van der Waals surface area (Å²) in [7, 11) is 1.73. The van der Waals surface area contributed by atoms with Gasteiger partial charge in [-0.25, -0.2) is 0 Å². The minimum atomic E-state index is -0.127. The number of unbranched alkanes of at least 4 members (excludes halogenated alkanes) is 3. The zero-order valence-electron chi connectivity index (χ0n) is 7.68. The van der Waals surface area contributed by atoms with Gasteiger partial charge in [-0.15, -0.1) is 0 Å². The van der Waals surface area contributed by atoms with Gasteiger partial charge in [0, 0.05) is 13.7 Å². The maximum absolute atomic E-state index is 8.93. The summed E-state index contributed by atoms with van der Waals surface area (Å²) >= 11 is 0. The summed E-state index contributed by atoms with van der Waals surface area (Å²) in [5.41, 5.74) is 0. The number of methoxy groups -OCH3 is 1. The molecule has 1 atom stereocenters. The van der Waals surface area contributed by atoms with Crippen LogP contribution in [0.4, 0.5) is 0 Å². The van der Waals surface area contributed by atoms with Crippen molar-refractivity contribution in [2.24, 2.45) is 0 Å². The summed E-state index contributed by atoms with van der Waals surface area (Å²) < 4.78 is 4.92. The predicted octanol–water partition coefficient (Wildman–Crippen LogP) is 1.96. The molecule has 0 rings (SSSR count). The lowest BCUT2D eigenvalue weighted by molar-refractivity contribution is 0.176. The van der Waals surface area contributed by atoms with Crippen LogP contribution in [0.3, 0.4) is 0 Å². The summed E-state index contributed by atoms with van der Waals surface area (Å²) in [4.78, 5) is 0. The number of aliphatic hydroxyl groups excluding tert-OH is 1. The average molecular weight is 160 g/mol. The van der Waals surface area contributed by atoms with Gasteiger partial charge < -0.3 is 9.84 Å². The summed E-state index contributed by atoms with van der Waals surface area (Å²) in [5, 5.41) is 8.93. The van der Waals surface area contributed by atoms with Crippen molar-refractivity contribution in [1.82, 2.24) is 0 Å². The molecule has 0 amide bonds. The molecule has 0 radical (unpaired) electrons. The predicted molar refractivity (Wildman–Crippen MR) is 46.6 cm³/mol. The highest BCUT2D eigenvalue weighted by Crippen LogP contribution is 2.04. The molecule has 0 aliphatic carbocycles. The fourth-order valence-electron chi connectivity index (χ4n) is 1.04. The van der Waals surface area contributed by atoms with Crippen LogP contribution < -0.4 is 0 Å². The Morgan fingerprint density at radius 1 is 1.18 bits per heavy atom. The molecule has 2 heteroatoms. The number of ether oxygens (including phenoxy) is 1. The molecule has 68 valence electrons. The van der Waals surface area contributed by atoms with E-state index in [1.165, 1.54) is 12.8 Å². The first-order chi connectivity index (χ1) is 5.27. The number of aliphatic hydroxyl groups is 1. The molecule has 0 heterocycles. The monoisotopic (exact) mass is 160 g/mol. The van der Waals surface area contributed by atoms with Crippen molar-refractivity contribution in [3.05, 3.63) is 0 Å². The van der Waals surface area contributed by atoms with E-state index in [0.717, 1.165) is 25.9 Å². The summed E-state index contributed by atoms with van der Waals surface area (Å²) in [6.45, 7) is 2.71. The van der Waals surface area contributed by atoms with Gasteiger partial charge in [-0.3, -0.25) is 0 Å². The first-order valence-electron chi connectivity index (χ1n) is 4.44. The lowest BCUT2D eigenvalue weighted by Gasteiger charge is -2.02. The molecule has 0 aromatic rings. The smallest absolute Gasteiger partial charge is 0.0512 e. The molecule has 0 aliphatic heterocycles. The second-order valence-corrected chi connectivity index (χ2v) is 3.04. The summed E-state index contributed by atoms with van der Waals surface area (Å²) in [6, 6.07) is 0. The van der Waals surface area contributed by atoms with Crippen LogP contribution in [-0.4, -0.2) is 24.9 Å². The Labute approximate surface area is 69.6 Å². The number of rotatable bonds is 7. The first kappa shape index (κ1) is 10.9. The van der Waals surface area contributed by atoms with Crippen LogP contribution in [0.5, 0.6) is 0 Å². The highest BCUT2D eigenvalue weighted by Gasteiger charge is 1.94. The van der Waals surface area contributed by atoms with E-state index in [9.17, 15) is 0 Å². The van der Waals surface area contributed by atoms with Gasteiger partial charge in [0.15, 0.2) is 0 Å². The minimum absolute atomic E-state index is 0.127. The summed E-state index contributed by atoms with van der Waals surface area (Å²) in [6.07, 6.45) is 5.54. The van der Waals surface area contributed by atoms with Crippen molar-refractivity contribution in [3.63, 3.8) is 0 Å². The van der Waals surface area contributed by atoms with Gasteiger partial charge in [0.25, 0.3) is 0 Å². The molecule has 0 saturated carbocycles. The fourth-order valence-corrected chi connectivity index (χ4v) is 1.04. The quantitative estimate of drug-likeness (QED) is 0.577. The standard InChI is InChI=1S/C9H20O2/c1-9(10)7-5-3-4-6-8-11-2/h9-10H,3-8H2,1-2H3. The lowest BCUT2D eigenvalue weighted by Crippen LogP contribution is -1.98. The molecule has 0 saturated heterocycles. The third-order valence-electron chi connectivity index (χ3n) is 1.72. The third-order valence-corrected chi connectivity index (χ3v) is 1.72. The van der Waals surface area contributed by atoms with Crippen LogP contribution in [0.2, 0.25) is 0 Å². The van der Waals surface area contributed by atoms with Crippen molar-refractivity contribution in [2.45, 2.75) is 45.1 Å². The highest BCUT2D eigenvalue weighted by atomic mass is 16.5. The van der Waals surface area contributed by atoms with Crippen LogP contribution >= 0.6 is 0 Å². The van der Waals surface area contributed by atoms with Gasteiger partial charge >= 0.3 is 0 Å². The Kier molecular flexibility index (Phi) is 7.96. The molecule has 2 nitrogen and oxygen atoms in total. The van der Waals surface area contributed by atoms with E-state index in [1.54, 1.807) is 7.11 Å². The molecule has 0 aliphatic rings. The molecule has 1 unspecified atom stereocenters. The Bertz CT molecular complexity index is 72.0. The molecular weight excluding hydrogens is 140 g/mol. The van der Waals surface area contributed by atoms with E-state index in [0.29, 0.717) is 0 Å². The average Bonchev–Trinajstić information content (AvgIpc) is 1.96. The second kappa shape index (κ2) is 8.02. The number of hydrogen-bond acceptors (Lipinski definition) is 2. The van der Waals surface area contributed by atoms with E-state index in [-0.39, 0.29) is 6.10 Å². The van der Waals surface area contributed by atoms with Gasteiger partial charge in [-0.05, 0) is 19.8 Å². The van der Waals surface area contributed by atoms with Gasteiger partial charge in [-0.1, -0.05) is 19.3 Å². The zero-order chi connectivity index (χ0) is 8.53. The number of hydrogen-bond donors (Lipinski definition) is 1. The lowest BCUT2D eigenvalue weighted by atomic mass is 10.1. The van der Waals surface area contributed by atoms with Gasteiger partial charge in [0.2, 0.25) is 0 Å².